The Hall–Kier alpha value is -2.15. The van der Waals surface area contributed by atoms with Crippen LogP contribution in [0.1, 0.15) is 105 Å². The third-order valence-corrected chi connectivity index (χ3v) is 12.8. The quantitative estimate of drug-likeness (QED) is 0.210. The lowest BCUT2D eigenvalue weighted by atomic mass is 9.69. The molecule has 9 heteroatoms. The molecule has 3 heterocycles. The van der Waals surface area contributed by atoms with Crippen molar-refractivity contribution in [1.82, 2.24) is 9.55 Å². The monoisotopic (exact) mass is 596 g/mol. The van der Waals surface area contributed by atoms with E-state index in [9.17, 15) is 14.9 Å². The number of carbonyl (C=O) groups is 1. The number of rotatable bonds is 8. The summed E-state index contributed by atoms with van der Waals surface area (Å²) in [6, 6.07) is 2.50. The number of aromatic nitrogens is 2. The van der Waals surface area contributed by atoms with Crippen molar-refractivity contribution < 1.29 is 4.79 Å². The van der Waals surface area contributed by atoms with E-state index in [1.54, 1.807) is 22.7 Å². The van der Waals surface area contributed by atoms with E-state index in [1.165, 1.54) is 27.9 Å². The first-order chi connectivity index (χ1) is 19.2. The van der Waals surface area contributed by atoms with E-state index in [0.717, 1.165) is 79.1 Å². The van der Waals surface area contributed by atoms with Crippen molar-refractivity contribution >= 4 is 55.6 Å². The lowest BCUT2D eigenvalue weighted by Crippen LogP contribution is -2.29. The van der Waals surface area contributed by atoms with Gasteiger partial charge in [-0.15, -0.1) is 22.7 Å². The third-order valence-electron chi connectivity index (χ3n) is 9.30. The van der Waals surface area contributed by atoms with Crippen molar-refractivity contribution in [2.45, 2.75) is 110 Å². The molecule has 0 bridgehead atoms. The van der Waals surface area contributed by atoms with Gasteiger partial charge in [-0.1, -0.05) is 65.1 Å². The molecule has 5 rings (SSSR count). The van der Waals surface area contributed by atoms with E-state index in [2.05, 4.69) is 39.1 Å². The normalized spacial score (nSPS) is 18.1. The van der Waals surface area contributed by atoms with Crippen molar-refractivity contribution in [2.24, 2.45) is 11.3 Å². The van der Waals surface area contributed by atoms with E-state index in [0.29, 0.717) is 21.6 Å². The van der Waals surface area contributed by atoms with Crippen LogP contribution in [0.4, 0.5) is 5.00 Å². The van der Waals surface area contributed by atoms with Crippen LogP contribution in [0, 0.1) is 29.6 Å². The second-order valence-corrected chi connectivity index (χ2v) is 15.1. The first kappa shape index (κ1) is 29.3. The summed E-state index contributed by atoms with van der Waals surface area (Å²) < 4.78 is 1.89. The van der Waals surface area contributed by atoms with Gasteiger partial charge in [-0.05, 0) is 67.9 Å². The molecular formula is C31H40N4O2S3. The summed E-state index contributed by atoms with van der Waals surface area (Å²) in [6.45, 7) is 11.1. The molecule has 3 aromatic heterocycles. The maximum Gasteiger partial charge on any atom is 0.263 e. The molecule has 6 nitrogen and oxygen atoms in total. The molecule has 0 saturated heterocycles. The fraction of sp³-hybridized carbons (Fsp3) is 0.613. The number of thiophene rings is 2. The molecule has 1 saturated carbocycles. The van der Waals surface area contributed by atoms with Crippen molar-refractivity contribution in [3.8, 4) is 6.07 Å². The summed E-state index contributed by atoms with van der Waals surface area (Å²) in [7, 11) is 0. The molecule has 2 aliphatic carbocycles. The summed E-state index contributed by atoms with van der Waals surface area (Å²) in [4.78, 5) is 35.2. The lowest BCUT2D eigenvalue weighted by Gasteiger charge is -2.36. The molecule has 1 atom stereocenters. The third kappa shape index (κ3) is 5.52. The number of nitriles is 1. The number of hydrogen-bond acceptors (Lipinski definition) is 7. The van der Waals surface area contributed by atoms with E-state index >= 15 is 0 Å². The summed E-state index contributed by atoms with van der Waals surface area (Å²) in [5, 5.41) is 15.1. The van der Waals surface area contributed by atoms with Crippen LogP contribution in [0.15, 0.2) is 9.95 Å². The second kappa shape index (κ2) is 12.0. The second-order valence-electron chi connectivity index (χ2n) is 12.0. The molecule has 1 unspecified atom stereocenters. The van der Waals surface area contributed by atoms with Crippen LogP contribution in [0.3, 0.4) is 0 Å². The SMILES string of the molecule is CCc1sc2nc(SCC(=O)Nc3sc4c(c3C#N)CCC(C(C)(C)CC)C4)n(C3CCCCC3)c(=O)c2c1C. The number of aryl methyl sites for hydroxylation is 2. The average Bonchev–Trinajstić information content (AvgIpc) is 3.47. The molecular weight excluding hydrogens is 557 g/mol. The van der Waals surface area contributed by atoms with Gasteiger partial charge < -0.3 is 5.32 Å². The Labute approximate surface area is 249 Å². The molecule has 40 heavy (non-hydrogen) atoms. The first-order valence-electron chi connectivity index (χ1n) is 14.7. The largest absolute Gasteiger partial charge is 0.316 e. The van der Waals surface area contributed by atoms with Crippen LogP contribution < -0.4 is 10.9 Å². The Kier molecular flexibility index (Phi) is 8.80. The summed E-state index contributed by atoms with van der Waals surface area (Å²) in [5.74, 6) is 0.571. The molecule has 0 aliphatic heterocycles. The van der Waals surface area contributed by atoms with Crippen LogP contribution in [0.5, 0.6) is 0 Å². The Morgan fingerprint density at radius 1 is 1.20 bits per heavy atom. The molecule has 0 radical (unpaired) electrons. The van der Waals surface area contributed by atoms with Crippen molar-refractivity contribution in [2.75, 3.05) is 11.1 Å². The number of hydrogen-bond donors (Lipinski definition) is 1. The minimum Gasteiger partial charge on any atom is -0.316 e. The molecule has 1 fully saturated rings. The number of nitrogens with one attached hydrogen (secondary N) is 1. The fourth-order valence-electron chi connectivity index (χ4n) is 6.36. The predicted octanol–water partition coefficient (Wildman–Crippen LogP) is 8.04. The summed E-state index contributed by atoms with van der Waals surface area (Å²) in [6.07, 6.45) is 10.3. The van der Waals surface area contributed by atoms with Gasteiger partial charge in [0.15, 0.2) is 5.16 Å². The van der Waals surface area contributed by atoms with Gasteiger partial charge in [0.25, 0.3) is 5.56 Å². The van der Waals surface area contributed by atoms with Gasteiger partial charge in [0.05, 0.1) is 16.7 Å². The number of fused-ring (bicyclic) bond motifs is 2. The molecule has 1 N–H and O–H groups in total. The highest BCUT2D eigenvalue weighted by molar-refractivity contribution is 7.99. The van der Waals surface area contributed by atoms with Gasteiger partial charge in [-0.3, -0.25) is 14.2 Å². The van der Waals surface area contributed by atoms with E-state index < -0.39 is 0 Å². The maximum atomic E-state index is 13.8. The molecule has 0 spiro atoms. The Morgan fingerprint density at radius 2 is 1.95 bits per heavy atom. The number of thioether (sulfide) groups is 1. The number of carbonyl (C=O) groups excluding carboxylic acids is 1. The number of nitrogens with zero attached hydrogens (tertiary/aromatic N) is 3. The highest BCUT2D eigenvalue weighted by Gasteiger charge is 2.34. The van der Waals surface area contributed by atoms with Crippen molar-refractivity contribution in [1.29, 1.82) is 5.26 Å². The zero-order valence-electron chi connectivity index (χ0n) is 24.3. The van der Waals surface area contributed by atoms with E-state index in [4.69, 9.17) is 4.98 Å². The van der Waals surface area contributed by atoms with Gasteiger partial charge in [-0.2, -0.15) is 5.26 Å². The van der Waals surface area contributed by atoms with Crippen LogP contribution in [-0.4, -0.2) is 21.2 Å². The Bertz CT molecular complexity index is 1520. The van der Waals surface area contributed by atoms with Gasteiger partial charge >= 0.3 is 0 Å². The standard InChI is InChI=1S/C31H40N4O2S3/c1-6-23-18(3)26-28(39-23)34-30(35(29(26)37)20-11-9-8-10-12-20)38-17-25(36)33-27-22(16-32)21-14-13-19(15-24(21)40-27)31(4,5)7-2/h19-20H,6-15,17H2,1-5H3,(H,33,36). The fourth-order valence-corrected chi connectivity index (χ4v) is 9.68. The van der Waals surface area contributed by atoms with Crippen molar-refractivity contribution in [3.05, 3.63) is 36.8 Å². The highest BCUT2D eigenvalue weighted by atomic mass is 32.2. The Balaban J connectivity index is 1.38. The topological polar surface area (TPSA) is 87.8 Å². The maximum absolute atomic E-state index is 13.8. The van der Waals surface area contributed by atoms with Crippen LogP contribution in [0.25, 0.3) is 10.2 Å². The van der Waals surface area contributed by atoms with Gasteiger partial charge in [0, 0.05) is 15.8 Å². The van der Waals surface area contributed by atoms with Gasteiger partial charge in [0.2, 0.25) is 5.91 Å². The summed E-state index contributed by atoms with van der Waals surface area (Å²) >= 11 is 4.51. The molecule has 3 aromatic rings. The minimum absolute atomic E-state index is 0.0375. The van der Waals surface area contributed by atoms with Crippen molar-refractivity contribution in [3.63, 3.8) is 0 Å². The molecule has 2 aliphatic rings. The summed E-state index contributed by atoms with van der Waals surface area (Å²) in [5.41, 5.74) is 3.10. The van der Waals surface area contributed by atoms with Crippen LogP contribution in [0.2, 0.25) is 0 Å². The first-order valence-corrected chi connectivity index (χ1v) is 17.3. The van der Waals surface area contributed by atoms with E-state index in [1.807, 2.05) is 11.5 Å². The molecule has 0 aromatic carbocycles. The van der Waals surface area contributed by atoms with E-state index in [-0.39, 0.29) is 28.7 Å². The highest BCUT2D eigenvalue weighted by Crippen LogP contribution is 2.45. The molecule has 1 amide bonds. The smallest absolute Gasteiger partial charge is 0.263 e. The van der Waals surface area contributed by atoms with Gasteiger partial charge in [0.1, 0.15) is 15.9 Å². The number of anilines is 1. The predicted molar refractivity (Wildman–Crippen MR) is 168 cm³/mol. The molecule has 214 valence electrons. The van der Waals surface area contributed by atoms with Gasteiger partial charge in [-0.25, -0.2) is 4.98 Å². The van der Waals surface area contributed by atoms with Crippen LogP contribution >= 0.6 is 34.4 Å². The minimum atomic E-state index is -0.160. The zero-order valence-corrected chi connectivity index (χ0v) is 26.8. The average molecular weight is 597 g/mol. The number of amides is 1. The zero-order chi connectivity index (χ0) is 28.6. The van der Waals surface area contributed by atoms with Crippen LogP contribution in [-0.2, 0) is 24.1 Å². The Morgan fingerprint density at radius 3 is 2.62 bits per heavy atom. The lowest BCUT2D eigenvalue weighted by molar-refractivity contribution is -0.113.